The Morgan fingerprint density at radius 3 is 2.84 bits per heavy atom. The summed E-state index contributed by atoms with van der Waals surface area (Å²) in [5.74, 6) is 1.99. The second-order valence-corrected chi connectivity index (χ2v) is 8.33. The highest BCUT2D eigenvalue weighted by Crippen LogP contribution is 2.38. The van der Waals surface area contributed by atoms with Crippen LogP contribution in [-0.2, 0) is 17.8 Å². The van der Waals surface area contributed by atoms with E-state index in [9.17, 15) is 4.79 Å². The van der Waals surface area contributed by atoms with Gasteiger partial charge in [-0.1, -0.05) is 11.6 Å². The van der Waals surface area contributed by atoms with Gasteiger partial charge in [-0.15, -0.1) is 11.3 Å². The van der Waals surface area contributed by atoms with E-state index in [1.807, 2.05) is 19.1 Å². The fourth-order valence-electron chi connectivity index (χ4n) is 3.41. The SMILES string of the molecule is COCc1nc(OC)c2c(C)c(C(=O)NCCc3cc(Cl)c4c(c3)OCCO4)sc2n1. The Morgan fingerprint density at radius 2 is 2.06 bits per heavy atom. The van der Waals surface area contributed by atoms with Crippen LogP contribution in [0, 0.1) is 6.92 Å². The number of amides is 1. The summed E-state index contributed by atoms with van der Waals surface area (Å²) in [4.78, 5) is 23.0. The van der Waals surface area contributed by atoms with Crippen molar-refractivity contribution in [2.75, 3.05) is 34.0 Å². The average molecular weight is 464 g/mol. The second-order valence-electron chi connectivity index (χ2n) is 6.93. The number of aryl methyl sites for hydroxylation is 1. The van der Waals surface area contributed by atoms with Crippen LogP contribution in [0.4, 0.5) is 0 Å². The molecule has 0 radical (unpaired) electrons. The molecule has 0 bridgehead atoms. The largest absolute Gasteiger partial charge is 0.486 e. The van der Waals surface area contributed by atoms with Gasteiger partial charge in [0.1, 0.15) is 24.7 Å². The van der Waals surface area contributed by atoms with E-state index >= 15 is 0 Å². The van der Waals surface area contributed by atoms with Crippen LogP contribution in [0.3, 0.4) is 0 Å². The van der Waals surface area contributed by atoms with Gasteiger partial charge in [0.05, 0.1) is 22.4 Å². The fourth-order valence-corrected chi connectivity index (χ4v) is 4.81. The quantitative estimate of drug-likeness (QED) is 0.572. The number of fused-ring (bicyclic) bond motifs is 2. The van der Waals surface area contributed by atoms with Crippen molar-refractivity contribution < 1.29 is 23.7 Å². The minimum Gasteiger partial charge on any atom is -0.486 e. The van der Waals surface area contributed by atoms with Gasteiger partial charge < -0.3 is 24.3 Å². The molecule has 8 nitrogen and oxygen atoms in total. The summed E-state index contributed by atoms with van der Waals surface area (Å²) >= 11 is 7.60. The number of nitrogens with one attached hydrogen (secondary N) is 1. The smallest absolute Gasteiger partial charge is 0.261 e. The minimum atomic E-state index is -0.167. The van der Waals surface area contributed by atoms with Crippen molar-refractivity contribution in [1.82, 2.24) is 15.3 Å². The number of hydrogen-bond acceptors (Lipinski definition) is 8. The van der Waals surface area contributed by atoms with Crippen LogP contribution in [0.5, 0.6) is 17.4 Å². The maximum atomic E-state index is 12.9. The van der Waals surface area contributed by atoms with Crippen LogP contribution >= 0.6 is 22.9 Å². The number of carbonyl (C=O) groups is 1. The van der Waals surface area contributed by atoms with Crippen LogP contribution in [0.15, 0.2) is 12.1 Å². The highest BCUT2D eigenvalue weighted by Gasteiger charge is 2.21. The maximum absolute atomic E-state index is 12.9. The van der Waals surface area contributed by atoms with E-state index in [-0.39, 0.29) is 12.5 Å². The average Bonchev–Trinajstić information content (AvgIpc) is 3.10. The highest BCUT2D eigenvalue weighted by molar-refractivity contribution is 7.20. The highest BCUT2D eigenvalue weighted by atomic mass is 35.5. The van der Waals surface area contributed by atoms with E-state index in [2.05, 4.69) is 15.3 Å². The van der Waals surface area contributed by atoms with E-state index < -0.39 is 0 Å². The summed E-state index contributed by atoms with van der Waals surface area (Å²) in [5.41, 5.74) is 1.75. The van der Waals surface area contributed by atoms with Crippen molar-refractivity contribution in [2.45, 2.75) is 20.0 Å². The van der Waals surface area contributed by atoms with Gasteiger partial charge in [-0.2, -0.15) is 4.98 Å². The summed E-state index contributed by atoms with van der Waals surface area (Å²) in [6, 6.07) is 3.73. The molecule has 1 aliphatic heterocycles. The number of halogens is 1. The molecule has 0 atom stereocenters. The van der Waals surface area contributed by atoms with Crippen molar-refractivity contribution in [2.24, 2.45) is 0 Å². The van der Waals surface area contributed by atoms with E-state index in [0.717, 1.165) is 16.5 Å². The molecular formula is C21H22ClN3O5S. The zero-order valence-electron chi connectivity index (χ0n) is 17.4. The van der Waals surface area contributed by atoms with E-state index in [1.165, 1.54) is 11.3 Å². The molecule has 0 aliphatic carbocycles. The van der Waals surface area contributed by atoms with Gasteiger partial charge in [0, 0.05) is 13.7 Å². The first-order chi connectivity index (χ1) is 15.0. The number of thiophene rings is 1. The lowest BCUT2D eigenvalue weighted by atomic mass is 10.1. The van der Waals surface area contributed by atoms with Crippen LogP contribution in [0.25, 0.3) is 10.2 Å². The third-order valence-electron chi connectivity index (χ3n) is 4.83. The predicted molar refractivity (Wildman–Crippen MR) is 118 cm³/mol. The Hall–Kier alpha value is -2.62. The lowest BCUT2D eigenvalue weighted by Crippen LogP contribution is -2.25. The van der Waals surface area contributed by atoms with Gasteiger partial charge in [0.2, 0.25) is 5.88 Å². The number of methoxy groups -OCH3 is 2. The number of rotatable bonds is 7. The Bertz CT molecular complexity index is 1130. The van der Waals surface area contributed by atoms with Gasteiger partial charge in [-0.3, -0.25) is 4.79 Å². The molecule has 0 saturated heterocycles. The molecule has 2 aromatic heterocycles. The van der Waals surface area contributed by atoms with Crippen molar-refractivity contribution in [3.8, 4) is 17.4 Å². The molecule has 0 spiro atoms. The van der Waals surface area contributed by atoms with Gasteiger partial charge in [0.15, 0.2) is 17.3 Å². The molecule has 3 heterocycles. The number of aromatic nitrogens is 2. The monoisotopic (exact) mass is 463 g/mol. The minimum absolute atomic E-state index is 0.167. The Balaban J connectivity index is 1.49. The third kappa shape index (κ3) is 4.39. The predicted octanol–water partition coefficient (Wildman–Crippen LogP) is 3.55. The number of nitrogens with zero attached hydrogens (tertiary/aromatic N) is 2. The molecule has 164 valence electrons. The maximum Gasteiger partial charge on any atom is 0.261 e. The standard InChI is InChI=1S/C21H22ClN3O5S/c1-11-16-20(28-3)24-15(10-27-2)25-21(16)31-18(11)19(26)23-5-4-12-8-13(22)17-14(9-12)29-6-7-30-17/h8-9H,4-7,10H2,1-3H3,(H,23,26). The van der Waals surface area contributed by atoms with Gasteiger partial charge in [-0.25, -0.2) is 4.98 Å². The van der Waals surface area contributed by atoms with Crippen LogP contribution in [0.1, 0.15) is 26.6 Å². The lowest BCUT2D eigenvalue weighted by molar-refractivity contribution is 0.0957. The first-order valence-corrected chi connectivity index (χ1v) is 10.9. The summed E-state index contributed by atoms with van der Waals surface area (Å²) in [6.07, 6.45) is 0.604. The second kappa shape index (κ2) is 9.25. The molecule has 1 aromatic carbocycles. The molecule has 0 fully saturated rings. The van der Waals surface area contributed by atoms with Crippen molar-refractivity contribution in [3.63, 3.8) is 0 Å². The molecule has 0 unspecified atom stereocenters. The van der Waals surface area contributed by atoms with Crippen molar-refractivity contribution >= 4 is 39.1 Å². The Kier molecular flexibility index (Phi) is 6.45. The normalized spacial score (nSPS) is 12.8. The summed E-state index contributed by atoms with van der Waals surface area (Å²) < 4.78 is 21.7. The molecular weight excluding hydrogens is 442 g/mol. The van der Waals surface area contributed by atoms with E-state index in [0.29, 0.717) is 64.1 Å². The summed E-state index contributed by atoms with van der Waals surface area (Å²) in [5, 5.41) is 4.23. The molecule has 1 aliphatic rings. The van der Waals surface area contributed by atoms with Crippen molar-refractivity contribution in [1.29, 1.82) is 0 Å². The number of benzene rings is 1. The van der Waals surface area contributed by atoms with Crippen LogP contribution < -0.4 is 19.5 Å². The Morgan fingerprint density at radius 1 is 1.26 bits per heavy atom. The van der Waals surface area contributed by atoms with E-state index in [4.69, 9.17) is 30.5 Å². The summed E-state index contributed by atoms with van der Waals surface area (Å²) in [7, 11) is 3.13. The number of hydrogen-bond donors (Lipinski definition) is 1. The lowest BCUT2D eigenvalue weighted by Gasteiger charge is -2.20. The zero-order chi connectivity index (χ0) is 22.0. The molecule has 0 saturated carbocycles. The molecule has 1 N–H and O–H groups in total. The number of ether oxygens (including phenoxy) is 4. The molecule has 10 heteroatoms. The Labute approximate surface area is 188 Å². The molecule has 31 heavy (non-hydrogen) atoms. The molecule has 3 aromatic rings. The zero-order valence-corrected chi connectivity index (χ0v) is 19.0. The summed E-state index contributed by atoms with van der Waals surface area (Å²) in [6.45, 7) is 3.56. The van der Waals surface area contributed by atoms with Gasteiger partial charge in [-0.05, 0) is 36.6 Å². The fraction of sp³-hybridized carbons (Fsp3) is 0.381. The first-order valence-electron chi connectivity index (χ1n) is 9.71. The van der Waals surface area contributed by atoms with Crippen molar-refractivity contribution in [3.05, 3.63) is 39.0 Å². The topological polar surface area (TPSA) is 91.8 Å². The molecule has 4 rings (SSSR count). The van der Waals surface area contributed by atoms with Gasteiger partial charge in [0.25, 0.3) is 5.91 Å². The van der Waals surface area contributed by atoms with E-state index in [1.54, 1.807) is 14.2 Å². The van der Waals surface area contributed by atoms with Crippen LogP contribution in [0.2, 0.25) is 5.02 Å². The first kappa shape index (κ1) is 21.6. The van der Waals surface area contributed by atoms with Crippen LogP contribution in [-0.4, -0.2) is 49.9 Å². The van der Waals surface area contributed by atoms with Gasteiger partial charge >= 0.3 is 0 Å². The number of carbonyl (C=O) groups excluding carboxylic acids is 1. The third-order valence-corrected chi connectivity index (χ3v) is 6.30. The molecule has 1 amide bonds.